The third kappa shape index (κ3) is 1.96. The van der Waals surface area contributed by atoms with E-state index in [9.17, 15) is 17.2 Å². The molecule has 0 saturated heterocycles. The molecule has 1 heterocycles. The number of tetrazole rings is 1. The Morgan fingerprint density at radius 1 is 1.22 bits per heavy atom. The molecule has 18 heavy (non-hydrogen) atoms. The maximum atomic E-state index is 13.1. The Balaban J connectivity index is 2.61. The molecule has 6 nitrogen and oxygen atoms in total. The fourth-order valence-corrected chi connectivity index (χ4v) is 2.07. The second kappa shape index (κ2) is 4.09. The molecule has 0 aliphatic rings. The van der Waals surface area contributed by atoms with Crippen molar-refractivity contribution in [1.82, 2.24) is 20.2 Å². The Hall–Kier alpha value is -1.90. The van der Waals surface area contributed by atoms with Crippen LogP contribution in [0.2, 0.25) is 0 Å². The largest absolute Gasteiger partial charge is 0.350 e. The lowest BCUT2D eigenvalue weighted by atomic mass is 10.3. The zero-order valence-electron chi connectivity index (χ0n) is 9.16. The van der Waals surface area contributed by atoms with Gasteiger partial charge in [-0.05, 0) is 22.6 Å². The number of aromatic nitrogens is 4. The van der Waals surface area contributed by atoms with Gasteiger partial charge in [-0.1, -0.05) is 23.3 Å². The standard InChI is InChI=1S/C9H8F2N4O2S/c1-9(10,11)18(16,17)8-12-13-14-15(8)7-5-3-2-4-6-7/h2-6H,1H3. The van der Waals surface area contributed by atoms with Crippen molar-refractivity contribution in [3.8, 4) is 5.69 Å². The first-order chi connectivity index (χ1) is 8.34. The van der Waals surface area contributed by atoms with Crippen molar-refractivity contribution in [3.63, 3.8) is 0 Å². The highest BCUT2D eigenvalue weighted by Gasteiger charge is 2.45. The molecule has 0 atom stereocenters. The van der Waals surface area contributed by atoms with Crippen LogP contribution in [0.1, 0.15) is 6.92 Å². The molecular weight excluding hydrogens is 266 g/mol. The van der Waals surface area contributed by atoms with E-state index in [0.29, 0.717) is 0 Å². The number of nitrogens with zero attached hydrogens (tertiary/aromatic N) is 4. The van der Waals surface area contributed by atoms with Crippen LogP contribution in [-0.2, 0) is 9.84 Å². The summed E-state index contributed by atoms with van der Waals surface area (Å²) in [7, 11) is -4.92. The van der Waals surface area contributed by atoms with Crippen LogP contribution in [0.5, 0.6) is 0 Å². The van der Waals surface area contributed by atoms with Crippen LogP contribution in [0.25, 0.3) is 5.69 Å². The molecule has 0 saturated carbocycles. The molecular formula is C9H8F2N4O2S. The van der Waals surface area contributed by atoms with Crippen LogP contribution in [0.3, 0.4) is 0 Å². The van der Waals surface area contributed by atoms with E-state index in [2.05, 4.69) is 15.5 Å². The molecule has 0 aliphatic carbocycles. The van der Waals surface area contributed by atoms with Gasteiger partial charge in [-0.3, -0.25) is 0 Å². The van der Waals surface area contributed by atoms with E-state index in [-0.39, 0.29) is 12.6 Å². The molecule has 0 unspecified atom stereocenters. The smallest absolute Gasteiger partial charge is 0.214 e. The molecule has 0 amide bonds. The summed E-state index contributed by atoms with van der Waals surface area (Å²) in [6.45, 7) is 0.284. The minimum Gasteiger partial charge on any atom is -0.214 e. The number of para-hydroxylation sites is 1. The summed E-state index contributed by atoms with van der Waals surface area (Å²) in [5, 5.41) is 4.86. The highest BCUT2D eigenvalue weighted by Crippen LogP contribution is 2.27. The first kappa shape index (κ1) is 12.6. The lowest BCUT2D eigenvalue weighted by Crippen LogP contribution is -2.27. The molecule has 0 N–H and O–H groups in total. The van der Waals surface area contributed by atoms with Crippen molar-refractivity contribution in [2.45, 2.75) is 17.3 Å². The predicted octanol–water partition coefficient (Wildman–Crippen LogP) is 1.05. The van der Waals surface area contributed by atoms with E-state index in [1.54, 1.807) is 18.2 Å². The number of rotatable bonds is 3. The number of sulfone groups is 1. The predicted molar refractivity (Wildman–Crippen MR) is 57.0 cm³/mol. The van der Waals surface area contributed by atoms with Crippen LogP contribution in [-0.4, -0.2) is 33.9 Å². The third-order valence-corrected chi connectivity index (χ3v) is 3.83. The van der Waals surface area contributed by atoms with Gasteiger partial charge < -0.3 is 0 Å². The highest BCUT2D eigenvalue weighted by molar-refractivity contribution is 7.92. The van der Waals surface area contributed by atoms with E-state index < -0.39 is 20.2 Å². The Kier molecular flexibility index (Phi) is 2.85. The van der Waals surface area contributed by atoms with Crippen molar-refractivity contribution in [1.29, 1.82) is 0 Å². The Labute approximate surface area is 101 Å². The normalized spacial score (nSPS) is 12.6. The summed E-state index contributed by atoms with van der Waals surface area (Å²) in [5.74, 6) is 0. The first-order valence-corrected chi connectivity index (χ1v) is 6.28. The van der Waals surface area contributed by atoms with Gasteiger partial charge in [0.25, 0.3) is 15.0 Å². The van der Waals surface area contributed by atoms with Crippen LogP contribution >= 0.6 is 0 Å². The van der Waals surface area contributed by atoms with Crippen molar-refractivity contribution >= 4 is 9.84 Å². The second-order valence-electron chi connectivity index (χ2n) is 3.52. The molecule has 96 valence electrons. The topological polar surface area (TPSA) is 77.7 Å². The number of hydrogen-bond donors (Lipinski definition) is 0. The van der Waals surface area contributed by atoms with Crippen molar-refractivity contribution in [2.24, 2.45) is 0 Å². The first-order valence-electron chi connectivity index (χ1n) is 4.80. The van der Waals surface area contributed by atoms with Gasteiger partial charge in [0, 0.05) is 6.92 Å². The van der Waals surface area contributed by atoms with Gasteiger partial charge in [0.1, 0.15) is 0 Å². The van der Waals surface area contributed by atoms with Gasteiger partial charge in [-0.15, -0.1) is 0 Å². The summed E-state index contributed by atoms with van der Waals surface area (Å²) in [6, 6.07) is 7.91. The Morgan fingerprint density at radius 2 is 1.83 bits per heavy atom. The quantitative estimate of drug-likeness (QED) is 0.836. The summed E-state index contributed by atoms with van der Waals surface area (Å²) < 4.78 is 50.1. The third-order valence-electron chi connectivity index (χ3n) is 2.15. The average molecular weight is 274 g/mol. The second-order valence-corrected chi connectivity index (χ2v) is 5.61. The van der Waals surface area contributed by atoms with E-state index in [4.69, 9.17) is 0 Å². The fourth-order valence-electron chi connectivity index (χ4n) is 1.24. The highest BCUT2D eigenvalue weighted by atomic mass is 32.2. The zero-order valence-corrected chi connectivity index (χ0v) is 9.97. The average Bonchev–Trinajstić information content (AvgIpc) is 2.78. The molecule has 2 rings (SSSR count). The summed E-state index contributed by atoms with van der Waals surface area (Å²) in [6.07, 6.45) is 0. The Bertz CT molecular complexity index is 649. The van der Waals surface area contributed by atoms with Crippen molar-refractivity contribution in [3.05, 3.63) is 30.3 Å². The molecule has 1 aromatic heterocycles. The van der Waals surface area contributed by atoms with Crippen LogP contribution in [0, 0.1) is 0 Å². The maximum Gasteiger partial charge on any atom is 0.350 e. The monoisotopic (exact) mass is 274 g/mol. The molecule has 0 fully saturated rings. The van der Waals surface area contributed by atoms with E-state index in [1.165, 1.54) is 12.1 Å². The van der Waals surface area contributed by atoms with Crippen molar-refractivity contribution in [2.75, 3.05) is 0 Å². The lowest BCUT2D eigenvalue weighted by molar-refractivity contribution is 0.113. The summed E-state index contributed by atoms with van der Waals surface area (Å²) >= 11 is 0. The molecule has 0 spiro atoms. The SMILES string of the molecule is CC(F)(F)S(=O)(=O)c1nnnn1-c1ccccc1. The van der Waals surface area contributed by atoms with Gasteiger partial charge >= 0.3 is 5.25 Å². The van der Waals surface area contributed by atoms with Crippen LogP contribution in [0.15, 0.2) is 35.5 Å². The number of benzene rings is 1. The summed E-state index contributed by atoms with van der Waals surface area (Å²) in [5.41, 5.74) is 0.283. The van der Waals surface area contributed by atoms with Crippen molar-refractivity contribution < 1.29 is 17.2 Å². The van der Waals surface area contributed by atoms with Gasteiger partial charge in [0.15, 0.2) is 0 Å². The van der Waals surface area contributed by atoms with Gasteiger partial charge in [-0.2, -0.15) is 13.5 Å². The van der Waals surface area contributed by atoms with E-state index in [0.717, 1.165) is 4.68 Å². The summed E-state index contributed by atoms with van der Waals surface area (Å²) in [4.78, 5) is 0. The molecule has 0 radical (unpaired) electrons. The Morgan fingerprint density at radius 3 is 2.39 bits per heavy atom. The van der Waals surface area contributed by atoms with Crippen LogP contribution in [0.4, 0.5) is 8.78 Å². The lowest BCUT2D eigenvalue weighted by Gasteiger charge is -2.10. The number of alkyl halides is 2. The molecule has 0 bridgehead atoms. The number of hydrogen-bond acceptors (Lipinski definition) is 5. The fraction of sp³-hybridized carbons (Fsp3) is 0.222. The van der Waals surface area contributed by atoms with Gasteiger partial charge in [0.2, 0.25) is 0 Å². The molecule has 2 aromatic rings. The molecule has 1 aromatic carbocycles. The molecule has 0 aliphatic heterocycles. The number of halogens is 2. The minimum absolute atomic E-state index is 0.283. The van der Waals surface area contributed by atoms with Gasteiger partial charge in [-0.25, -0.2) is 8.42 Å². The minimum atomic E-state index is -4.92. The molecule has 9 heteroatoms. The van der Waals surface area contributed by atoms with Gasteiger partial charge in [0.05, 0.1) is 5.69 Å². The van der Waals surface area contributed by atoms with E-state index in [1.807, 2.05) is 0 Å². The zero-order chi connectivity index (χ0) is 13.4. The van der Waals surface area contributed by atoms with Crippen LogP contribution < -0.4 is 0 Å². The maximum absolute atomic E-state index is 13.1. The van der Waals surface area contributed by atoms with E-state index >= 15 is 0 Å².